The second-order valence-corrected chi connectivity index (χ2v) is 6.53. The van der Waals surface area contributed by atoms with E-state index in [1.54, 1.807) is 49.4 Å². The smallest absolute Gasteiger partial charge is 0.270 e. The summed E-state index contributed by atoms with van der Waals surface area (Å²) in [6.07, 6.45) is 1.30. The Morgan fingerprint density at radius 2 is 2.03 bits per heavy atom. The standard InChI is InChI=1S/C21H14ClN3O4/c1-13-5-6-17(25(27)28)11-19(13)20-8-7-18(29-20)9-14(12-23)21(26)24-16-4-2-3-15(22)10-16/h2-11H,1H3,(H,24,26)/b14-9+. The van der Waals surface area contributed by atoms with Gasteiger partial charge in [0.1, 0.15) is 23.2 Å². The van der Waals surface area contributed by atoms with Crippen LogP contribution in [-0.2, 0) is 4.79 Å². The molecule has 0 aliphatic heterocycles. The first-order valence-corrected chi connectivity index (χ1v) is 8.79. The largest absolute Gasteiger partial charge is 0.457 e. The van der Waals surface area contributed by atoms with Crippen molar-refractivity contribution in [3.05, 3.63) is 86.6 Å². The first-order valence-electron chi connectivity index (χ1n) is 8.41. The van der Waals surface area contributed by atoms with Crippen molar-refractivity contribution in [1.82, 2.24) is 0 Å². The van der Waals surface area contributed by atoms with Gasteiger partial charge in [-0.25, -0.2) is 0 Å². The minimum atomic E-state index is -0.612. The number of nitriles is 1. The molecular weight excluding hydrogens is 394 g/mol. The third-order valence-electron chi connectivity index (χ3n) is 4.06. The normalized spacial score (nSPS) is 11.0. The molecule has 2 aromatic carbocycles. The summed E-state index contributed by atoms with van der Waals surface area (Å²) in [5.41, 5.74) is 1.58. The molecule has 0 spiro atoms. The Labute approximate surface area is 171 Å². The van der Waals surface area contributed by atoms with Crippen molar-refractivity contribution in [2.45, 2.75) is 6.92 Å². The molecule has 0 unspecified atom stereocenters. The van der Waals surface area contributed by atoms with Crippen LogP contribution >= 0.6 is 11.6 Å². The van der Waals surface area contributed by atoms with Gasteiger partial charge in [-0.3, -0.25) is 14.9 Å². The van der Waals surface area contributed by atoms with Crippen LogP contribution < -0.4 is 5.32 Å². The predicted molar refractivity (Wildman–Crippen MR) is 109 cm³/mol. The molecule has 1 aromatic heterocycles. The van der Waals surface area contributed by atoms with E-state index in [1.807, 2.05) is 6.07 Å². The summed E-state index contributed by atoms with van der Waals surface area (Å²) >= 11 is 5.89. The lowest BCUT2D eigenvalue weighted by molar-refractivity contribution is -0.384. The highest BCUT2D eigenvalue weighted by molar-refractivity contribution is 6.31. The molecule has 29 heavy (non-hydrogen) atoms. The third kappa shape index (κ3) is 4.69. The lowest BCUT2D eigenvalue weighted by atomic mass is 10.1. The number of halogens is 1. The number of anilines is 1. The summed E-state index contributed by atoms with van der Waals surface area (Å²) in [7, 11) is 0. The summed E-state index contributed by atoms with van der Waals surface area (Å²) in [4.78, 5) is 22.9. The summed E-state index contributed by atoms with van der Waals surface area (Å²) in [5.74, 6) is 0.0490. The van der Waals surface area contributed by atoms with E-state index in [2.05, 4.69) is 5.32 Å². The molecule has 8 heteroatoms. The highest BCUT2D eigenvalue weighted by Crippen LogP contribution is 2.29. The average Bonchev–Trinajstić information content (AvgIpc) is 3.14. The molecule has 0 atom stereocenters. The summed E-state index contributed by atoms with van der Waals surface area (Å²) < 4.78 is 5.69. The molecule has 3 rings (SSSR count). The molecule has 0 bridgehead atoms. The van der Waals surface area contributed by atoms with E-state index in [0.717, 1.165) is 5.56 Å². The fourth-order valence-electron chi connectivity index (χ4n) is 2.62. The molecule has 0 fully saturated rings. The summed E-state index contributed by atoms with van der Waals surface area (Å²) in [6, 6.07) is 16.0. The van der Waals surface area contributed by atoms with Crippen LogP contribution in [0.15, 0.2) is 64.6 Å². The number of nitro benzene ring substituents is 1. The van der Waals surface area contributed by atoms with Gasteiger partial charge in [-0.05, 0) is 42.8 Å². The molecule has 0 aliphatic rings. The predicted octanol–water partition coefficient (Wildman–Crippen LogP) is 5.36. The van der Waals surface area contributed by atoms with Crippen molar-refractivity contribution in [3.63, 3.8) is 0 Å². The van der Waals surface area contributed by atoms with E-state index < -0.39 is 10.8 Å². The van der Waals surface area contributed by atoms with Crippen molar-refractivity contribution in [2.24, 2.45) is 0 Å². The van der Waals surface area contributed by atoms with Gasteiger partial charge in [0.15, 0.2) is 0 Å². The van der Waals surface area contributed by atoms with Crippen LogP contribution in [0, 0.1) is 28.4 Å². The number of hydrogen-bond donors (Lipinski definition) is 1. The average molecular weight is 408 g/mol. The van der Waals surface area contributed by atoms with Gasteiger partial charge in [-0.2, -0.15) is 5.26 Å². The Kier molecular flexibility index (Phi) is 5.77. The van der Waals surface area contributed by atoms with E-state index in [1.165, 1.54) is 18.2 Å². The van der Waals surface area contributed by atoms with Gasteiger partial charge >= 0.3 is 0 Å². The van der Waals surface area contributed by atoms with Crippen molar-refractivity contribution in [2.75, 3.05) is 5.32 Å². The minimum absolute atomic E-state index is 0.0577. The van der Waals surface area contributed by atoms with Gasteiger partial charge < -0.3 is 9.73 Å². The summed E-state index contributed by atoms with van der Waals surface area (Å²) in [5, 5.41) is 23.4. The van der Waals surface area contributed by atoms with Gasteiger partial charge in [-0.15, -0.1) is 0 Å². The molecule has 0 radical (unpaired) electrons. The van der Waals surface area contributed by atoms with Gasteiger partial charge in [0.05, 0.1) is 4.92 Å². The van der Waals surface area contributed by atoms with Crippen LogP contribution in [0.1, 0.15) is 11.3 Å². The zero-order chi connectivity index (χ0) is 21.0. The molecule has 1 N–H and O–H groups in total. The number of aryl methyl sites for hydroxylation is 1. The molecule has 0 saturated heterocycles. The van der Waals surface area contributed by atoms with Gasteiger partial charge in [0, 0.05) is 34.5 Å². The lowest BCUT2D eigenvalue weighted by Gasteiger charge is -2.04. The van der Waals surface area contributed by atoms with Crippen LogP contribution in [0.4, 0.5) is 11.4 Å². The number of amides is 1. The third-order valence-corrected chi connectivity index (χ3v) is 4.29. The number of nitrogens with one attached hydrogen (secondary N) is 1. The molecule has 144 valence electrons. The van der Waals surface area contributed by atoms with Crippen molar-refractivity contribution >= 4 is 35.0 Å². The number of carbonyl (C=O) groups excluding carboxylic acids is 1. The maximum Gasteiger partial charge on any atom is 0.270 e. The molecular formula is C21H14ClN3O4. The fraction of sp³-hybridized carbons (Fsp3) is 0.0476. The number of hydrogen-bond acceptors (Lipinski definition) is 5. The molecule has 1 heterocycles. The fourth-order valence-corrected chi connectivity index (χ4v) is 2.81. The maximum atomic E-state index is 12.3. The quantitative estimate of drug-likeness (QED) is 0.265. The van der Waals surface area contributed by atoms with Gasteiger partial charge in [0.2, 0.25) is 0 Å². The van der Waals surface area contributed by atoms with E-state index in [0.29, 0.717) is 22.0 Å². The molecule has 7 nitrogen and oxygen atoms in total. The van der Waals surface area contributed by atoms with E-state index >= 15 is 0 Å². The van der Waals surface area contributed by atoms with Crippen LogP contribution in [0.25, 0.3) is 17.4 Å². The van der Waals surface area contributed by atoms with E-state index in [4.69, 9.17) is 16.0 Å². The second kappa shape index (κ2) is 8.42. The van der Waals surface area contributed by atoms with Crippen LogP contribution in [0.5, 0.6) is 0 Å². The second-order valence-electron chi connectivity index (χ2n) is 6.09. The Morgan fingerprint density at radius 1 is 1.24 bits per heavy atom. The maximum absolute atomic E-state index is 12.3. The Balaban J connectivity index is 1.86. The summed E-state index contributed by atoms with van der Waals surface area (Å²) in [6.45, 7) is 1.80. The monoisotopic (exact) mass is 407 g/mol. The van der Waals surface area contributed by atoms with E-state index in [9.17, 15) is 20.2 Å². The number of nitrogens with zero attached hydrogens (tertiary/aromatic N) is 2. The zero-order valence-electron chi connectivity index (χ0n) is 15.2. The van der Waals surface area contributed by atoms with Crippen molar-refractivity contribution in [3.8, 4) is 17.4 Å². The van der Waals surface area contributed by atoms with E-state index in [-0.39, 0.29) is 17.0 Å². The molecule has 1 amide bonds. The van der Waals surface area contributed by atoms with Crippen molar-refractivity contribution in [1.29, 1.82) is 5.26 Å². The lowest BCUT2D eigenvalue weighted by Crippen LogP contribution is -2.13. The highest BCUT2D eigenvalue weighted by atomic mass is 35.5. The first kappa shape index (κ1) is 19.9. The zero-order valence-corrected chi connectivity index (χ0v) is 15.9. The number of furan rings is 1. The SMILES string of the molecule is Cc1ccc([N+](=O)[O-])cc1-c1ccc(/C=C(\C#N)C(=O)Nc2cccc(Cl)c2)o1. The van der Waals surface area contributed by atoms with Crippen LogP contribution in [0.2, 0.25) is 5.02 Å². The number of carbonyl (C=O) groups is 1. The number of rotatable bonds is 5. The Hall–Kier alpha value is -3.89. The number of nitro groups is 1. The number of benzene rings is 2. The van der Waals surface area contributed by atoms with Crippen LogP contribution in [0.3, 0.4) is 0 Å². The highest BCUT2D eigenvalue weighted by Gasteiger charge is 2.15. The van der Waals surface area contributed by atoms with Crippen LogP contribution in [-0.4, -0.2) is 10.8 Å². The Bertz CT molecular complexity index is 1170. The first-order chi connectivity index (χ1) is 13.9. The van der Waals surface area contributed by atoms with Gasteiger partial charge in [0.25, 0.3) is 11.6 Å². The molecule has 0 saturated carbocycles. The number of non-ortho nitro benzene ring substituents is 1. The molecule has 3 aromatic rings. The minimum Gasteiger partial charge on any atom is -0.457 e. The topological polar surface area (TPSA) is 109 Å². The van der Waals surface area contributed by atoms with Crippen molar-refractivity contribution < 1.29 is 14.1 Å². The Morgan fingerprint density at radius 3 is 2.72 bits per heavy atom. The molecule has 0 aliphatic carbocycles. The van der Waals surface area contributed by atoms with Gasteiger partial charge in [-0.1, -0.05) is 23.7 Å².